The molecule has 0 aliphatic heterocycles. The summed E-state index contributed by atoms with van der Waals surface area (Å²) < 4.78 is 28.8. The first-order chi connectivity index (χ1) is 9.33. The predicted octanol–water partition coefficient (Wildman–Crippen LogP) is 2.50. The molecule has 1 heterocycles. The van der Waals surface area contributed by atoms with E-state index in [0.717, 1.165) is 0 Å². The molecule has 3 N–H and O–H groups in total. The summed E-state index contributed by atoms with van der Waals surface area (Å²) in [5.41, 5.74) is 5.81. The van der Waals surface area contributed by atoms with E-state index in [9.17, 15) is 8.42 Å². The second-order valence-electron chi connectivity index (χ2n) is 4.52. The van der Waals surface area contributed by atoms with Crippen LogP contribution in [0.5, 0.6) is 0 Å². The van der Waals surface area contributed by atoms with Crippen molar-refractivity contribution < 1.29 is 8.42 Å². The first-order valence-corrected chi connectivity index (χ1v) is 7.79. The third-order valence-electron chi connectivity index (χ3n) is 2.66. The number of nitrogens with zero attached hydrogens (tertiary/aromatic N) is 2. The van der Waals surface area contributed by atoms with Crippen molar-refractivity contribution in [2.24, 2.45) is 0 Å². The van der Waals surface area contributed by atoms with Gasteiger partial charge >= 0.3 is 0 Å². The van der Waals surface area contributed by atoms with Crippen LogP contribution in [-0.2, 0) is 10.0 Å². The number of aromatic nitrogens is 2. The molecule has 0 radical (unpaired) electrons. The van der Waals surface area contributed by atoms with Gasteiger partial charge in [-0.2, -0.15) is 5.10 Å². The zero-order valence-corrected chi connectivity index (χ0v) is 12.6. The SMILES string of the molecule is CC(C)n1nccc1NS(=O)(=O)c1c(N)cccc1Cl. The average Bonchev–Trinajstić information content (AvgIpc) is 2.75. The number of hydrogen-bond acceptors (Lipinski definition) is 4. The largest absolute Gasteiger partial charge is 0.398 e. The Morgan fingerprint density at radius 3 is 2.65 bits per heavy atom. The number of sulfonamides is 1. The van der Waals surface area contributed by atoms with E-state index in [-0.39, 0.29) is 21.6 Å². The molecule has 0 amide bonds. The summed E-state index contributed by atoms with van der Waals surface area (Å²) in [5.74, 6) is 0.360. The van der Waals surface area contributed by atoms with Crippen LogP contribution in [0, 0.1) is 0 Å². The monoisotopic (exact) mass is 314 g/mol. The van der Waals surface area contributed by atoms with E-state index in [1.807, 2.05) is 13.8 Å². The van der Waals surface area contributed by atoms with Gasteiger partial charge in [0, 0.05) is 12.1 Å². The number of benzene rings is 1. The summed E-state index contributed by atoms with van der Waals surface area (Å²) in [6.07, 6.45) is 1.52. The normalized spacial score (nSPS) is 11.8. The van der Waals surface area contributed by atoms with Gasteiger partial charge in [0.2, 0.25) is 0 Å². The van der Waals surface area contributed by atoms with Crippen molar-refractivity contribution in [2.75, 3.05) is 10.5 Å². The van der Waals surface area contributed by atoms with Crippen LogP contribution in [0.2, 0.25) is 5.02 Å². The predicted molar refractivity (Wildman–Crippen MR) is 79.3 cm³/mol. The lowest BCUT2D eigenvalue weighted by Crippen LogP contribution is -2.18. The van der Waals surface area contributed by atoms with Gasteiger partial charge in [0.25, 0.3) is 10.0 Å². The maximum atomic E-state index is 12.4. The molecule has 0 saturated heterocycles. The van der Waals surface area contributed by atoms with Gasteiger partial charge in [-0.15, -0.1) is 0 Å². The van der Waals surface area contributed by atoms with Crippen LogP contribution >= 0.6 is 11.6 Å². The third-order valence-corrected chi connectivity index (χ3v) is 4.56. The summed E-state index contributed by atoms with van der Waals surface area (Å²) in [6, 6.07) is 6.15. The van der Waals surface area contributed by atoms with Gasteiger partial charge in [-0.25, -0.2) is 13.1 Å². The van der Waals surface area contributed by atoms with Crippen LogP contribution < -0.4 is 10.5 Å². The molecular weight excluding hydrogens is 300 g/mol. The van der Waals surface area contributed by atoms with Crippen LogP contribution in [0.1, 0.15) is 19.9 Å². The Balaban J connectivity index is 2.44. The topological polar surface area (TPSA) is 90.0 Å². The molecule has 8 heteroatoms. The van der Waals surface area contributed by atoms with Crippen molar-refractivity contribution in [3.63, 3.8) is 0 Å². The highest BCUT2D eigenvalue weighted by molar-refractivity contribution is 7.93. The van der Waals surface area contributed by atoms with Crippen molar-refractivity contribution in [1.82, 2.24) is 9.78 Å². The lowest BCUT2D eigenvalue weighted by molar-refractivity contribution is 0.539. The summed E-state index contributed by atoms with van der Waals surface area (Å²) in [7, 11) is -3.87. The zero-order chi connectivity index (χ0) is 14.9. The molecule has 0 bridgehead atoms. The highest BCUT2D eigenvalue weighted by Crippen LogP contribution is 2.29. The lowest BCUT2D eigenvalue weighted by Gasteiger charge is -2.14. The first kappa shape index (κ1) is 14.7. The molecule has 0 spiro atoms. The number of nitrogens with two attached hydrogens (primary N) is 1. The van der Waals surface area contributed by atoms with Crippen molar-refractivity contribution >= 4 is 33.1 Å². The van der Waals surface area contributed by atoms with Gasteiger partial charge in [-0.05, 0) is 26.0 Å². The van der Waals surface area contributed by atoms with E-state index >= 15 is 0 Å². The highest BCUT2D eigenvalue weighted by atomic mass is 35.5. The number of nitrogen functional groups attached to an aromatic ring is 1. The zero-order valence-electron chi connectivity index (χ0n) is 11.0. The molecule has 108 valence electrons. The number of hydrogen-bond donors (Lipinski definition) is 2. The van der Waals surface area contributed by atoms with Gasteiger partial charge in [0.15, 0.2) is 0 Å². The molecule has 2 rings (SSSR count). The van der Waals surface area contributed by atoms with Gasteiger partial charge in [0.1, 0.15) is 10.7 Å². The Kier molecular flexibility index (Phi) is 3.92. The summed E-state index contributed by atoms with van der Waals surface area (Å²) in [6.45, 7) is 3.79. The van der Waals surface area contributed by atoms with Crippen molar-refractivity contribution in [3.05, 3.63) is 35.5 Å². The molecule has 0 aliphatic carbocycles. The third kappa shape index (κ3) is 2.73. The van der Waals surface area contributed by atoms with Crippen molar-refractivity contribution in [3.8, 4) is 0 Å². The number of rotatable bonds is 4. The van der Waals surface area contributed by atoms with E-state index in [1.54, 1.807) is 16.8 Å². The van der Waals surface area contributed by atoms with Crippen molar-refractivity contribution in [1.29, 1.82) is 0 Å². The molecule has 0 atom stereocenters. The summed E-state index contributed by atoms with van der Waals surface area (Å²) in [5, 5.41) is 4.14. The van der Waals surface area contributed by atoms with Crippen LogP contribution in [0.3, 0.4) is 0 Å². The Morgan fingerprint density at radius 1 is 1.35 bits per heavy atom. The van der Waals surface area contributed by atoms with Crippen LogP contribution in [-0.4, -0.2) is 18.2 Å². The van der Waals surface area contributed by atoms with Crippen LogP contribution in [0.25, 0.3) is 0 Å². The standard InChI is InChI=1S/C12H15ClN4O2S/c1-8(2)17-11(6-7-15-17)16-20(18,19)12-9(13)4-3-5-10(12)14/h3-8,16H,14H2,1-2H3. The molecule has 0 aliphatic rings. The average molecular weight is 315 g/mol. The molecule has 1 aromatic carbocycles. The van der Waals surface area contributed by atoms with E-state index < -0.39 is 10.0 Å². The molecule has 0 fully saturated rings. The fraction of sp³-hybridized carbons (Fsp3) is 0.250. The minimum absolute atomic E-state index is 0.0197. The van der Waals surface area contributed by atoms with Crippen molar-refractivity contribution in [2.45, 2.75) is 24.8 Å². The number of halogens is 1. The molecule has 0 unspecified atom stereocenters. The van der Waals surface area contributed by atoms with Crippen LogP contribution in [0.4, 0.5) is 11.5 Å². The minimum atomic E-state index is -3.87. The smallest absolute Gasteiger partial charge is 0.266 e. The van der Waals surface area contributed by atoms with Gasteiger partial charge < -0.3 is 5.73 Å². The first-order valence-electron chi connectivity index (χ1n) is 5.93. The minimum Gasteiger partial charge on any atom is -0.398 e. The molecular formula is C12H15ClN4O2S. The maximum absolute atomic E-state index is 12.4. The summed E-state index contributed by atoms with van der Waals surface area (Å²) in [4.78, 5) is -0.127. The lowest BCUT2D eigenvalue weighted by atomic mass is 10.3. The van der Waals surface area contributed by atoms with E-state index in [2.05, 4.69) is 9.82 Å². The molecule has 20 heavy (non-hydrogen) atoms. The van der Waals surface area contributed by atoms with E-state index in [1.165, 1.54) is 18.3 Å². The van der Waals surface area contributed by atoms with E-state index in [4.69, 9.17) is 17.3 Å². The fourth-order valence-corrected chi connectivity index (χ4v) is 3.53. The Hall–Kier alpha value is -1.73. The van der Waals surface area contributed by atoms with Gasteiger partial charge in [-0.3, -0.25) is 4.72 Å². The number of anilines is 2. The molecule has 2 aromatic rings. The maximum Gasteiger partial charge on any atom is 0.266 e. The van der Waals surface area contributed by atoms with Gasteiger partial charge in [0.05, 0.1) is 16.9 Å². The Morgan fingerprint density at radius 2 is 2.05 bits per heavy atom. The second-order valence-corrected chi connectivity index (χ2v) is 6.54. The summed E-state index contributed by atoms with van der Waals surface area (Å²) >= 11 is 5.93. The number of nitrogens with one attached hydrogen (secondary N) is 1. The molecule has 6 nitrogen and oxygen atoms in total. The van der Waals surface area contributed by atoms with E-state index in [0.29, 0.717) is 5.82 Å². The highest BCUT2D eigenvalue weighted by Gasteiger charge is 2.22. The Bertz CT molecular complexity index is 705. The molecule has 0 saturated carbocycles. The van der Waals surface area contributed by atoms with Crippen LogP contribution in [0.15, 0.2) is 35.4 Å². The Labute approximate surface area is 122 Å². The van der Waals surface area contributed by atoms with Gasteiger partial charge in [-0.1, -0.05) is 17.7 Å². The fourth-order valence-electron chi connectivity index (χ4n) is 1.80. The quantitative estimate of drug-likeness (QED) is 0.848. The molecule has 1 aromatic heterocycles. The second kappa shape index (κ2) is 5.34.